The highest BCUT2D eigenvalue weighted by Gasteiger charge is 2.23. The second-order valence-electron chi connectivity index (χ2n) is 6.93. The number of carbonyl (C=O) groups is 2. The van der Waals surface area contributed by atoms with E-state index in [1.165, 1.54) is 23.2 Å². The van der Waals surface area contributed by atoms with Gasteiger partial charge in [0.1, 0.15) is 12.4 Å². The summed E-state index contributed by atoms with van der Waals surface area (Å²) >= 11 is 12.1. The Labute approximate surface area is 189 Å². The van der Waals surface area contributed by atoms with Crippen molar-refractivity contribution in [2.24, 2.45) is 0 Å². The van der Waals surface area contributed by atoms with E-state index in [-0.39, 0.29) is 18.3 Å². The second kappa shape index (κ2) is 9.94. The number of nitrogens with one attached hydrogen (secondary N) is 1. The molecular formula is C22H21Cl2FN4O2. The maximum atomic E-state index is 13.2. The quantitative estimate of drug-likeness (QED) is 0.529. The number of anilines is 1. The molecule has 2 amide bonds. The van der Waals surface area contributed by atoms with Crippen molar-refractivity contribution in [3.8, 4) is 5.69 Å². The first-order chi connectivity index (χ1) is 14.8. The Hall–Kier alpha value is -2.90. The molecule has 0 aliphatic heterocycles. The van der Waals surface area contributed by atoms with E-state index >= 15 is 0 Å². The molecule has 0 fully saturated rings. The number of carbonyl (C=O) groups excluding carboxylic acids is 2. The molecule has 1 N–H and O–H groups in total. The minimum absolute atomic E-state index is 0.156. The van der Waals surface area contributed by atoms with Crippen LogP contribution in [-0.2, 0) is 4.79 Å². The SMILES string of the molecule is CCCN(CC(=O)Nc1cc(Cl)ccc1Cl)C(=O)c1cnn(-c2ccc(F)cc2)c1C. The molecule has 0 unspecified atom stereocenters. The van der Waals surface area contributed by atoms with Crippen LogP contribution in [0.1, 0.15) is 29.4 Å². The van der Waals surface area contributed by atoms with Gasteiger partial charge in [-0.25, -0.2) is 9.07 Å². The fourth-order valence-corrected chi connectivity index (χ4v) is 3.45. The topological polar surface area (TPSA) is 67.2 Å². The molecule has 0 saturated heterocycles. The van der Waals surface area contributed by atoms with Crippen LogP contribution in [0.25, 0.3) is 5.69 Å². The summed E-state index contributed by atoms with van der Waals surface area (Å²) in [4.78, 5) is 27.2. The van der Waals surface area contributed by atoms with E-state index in [0.29, 0.717) is 45.6 Å². The Bertz CT molecular complexity index is 1100. The van der Waals surface area contributed by atoms with Crippen molar-refractivity contribution >= 4 is 40.7 Å². The van der Waals surface area contributed by atoms with Crippen LogP contribution in [0.5, 0.6) is 0 Å². The first-order valence-electron chi connectivity index (χ1n) is 9.65. The van der Waals surface area contributed by atoms with E-state index in [2.05, 4.69) is 10.4 Å². The third kappa shape index (κ3) is 5.42. The monoisotopic (exact) mass is 462 g/mol. The number of hydrogen-bond donors (Lipinski definition) is 1. The van der Waals surface area contributed by atoms with Gasteiger partial charge in [0.2, 0.25) is 5.91 Å². The Morgan fingerprint density at radius 3 is 2.55 bits per heavy atom. The average molecular weight is 463 g/mol. The Balaban J connectivity index is 1.78. The van der Waals surface area contributed by atoms with Crippen molar-refractivity contribution in [3.05, 3.63) is 75.8 Å². The van der Waals surface area contributed by atoms with Crippen LogP contribution in [0.2, 0.25) is 10.0 Å². The summed E-state index contributed by atoms with van der Waals surface area (Å²) < 4.78 is 14.8. The van der Waals surface area contributed by atoms with Crippen LogP contribution in [0.4, 0.5) is 10.1 Å². The third-order valence-corrected chi connectivity index (χ3v) is 5.19. The lowest BCUT2D eigenvalue weighted by Gasteiger charge is -2.21. The lowest BCUT2D eigenvalue weighted by Crippen LogP contribution is -2.38. The molecule has 0 aliphatic rings. The number of amides is 2. The van der Waals surface area contributed by atoms with Crippen molar-refractivity contribution in [2.75, 3.05) is 18.4 Å². The number of nitrogens with zero attached hydrogens (tertiary/aromatic N) is 3. The molecule has 2 aromatic carbocycles. The molecule has 31 heavy (non-hydrogen) atoms. The molecule has 9 heteroatoms. The summed E-state index contributed by atoms with van der Waals surface area (Å²) in [7, 11) is 0. The highest BCUT2D eigenvalue weighted by Crippen LogP contribution is 2.25. The van der Waals surface area contributed by atoms with Crippen molar-refractivity contribution in [1.29, 1.82) is 0 Å². The van der Waals surface area contributed by atoms with Gasteiger partial charge in [-0.05, 0) is 55.8 Å². The molecular weight excluding hydrogens is 442 g/mol. The largest absolute Gasteiger partial charge is 0.329 e. The Morgan fingerprint density at radius 1 is 1.16 bits per heavy atom. The van der Waals surface area contributed by atoms with Crippen LogP contribution < -0.4 is 5.32 Å². The fraction of sp³-hybridized carbons (Fsp3) is 0.227. The van der Waals surface area contributed by atoms with Gasteiger partial charge >= 0.3 is 0 Å². The zero-order valence-corrected chi connectivity index (χ0v) is 18.5. The predicted octanol–water partition coefficient (Wildman–Crippen LogP) is 5.12. The van der Waals surface area contributed by atoms with Gasteiger partial charge in [0, 0.05) is 11.6 Å². The molecule has 162 valence electrons. The highest BCUT2D eigenvalue weighted by atomic mass is 35.5. The summed E-state index contributed by atoms with van der Waals surface area (Å²) in [6.45, 7) is 3.90. The van der Waals surface area contributed by atoms with Gasteiger partial charge < -0.3 is 10.2 Å². The summed E-state index contributed by atoms with van der Waals surface area (Å²) in [5, 5.41) is 7.74. The minimum atomic E-state index is -0.394. The van der Waals surface area contributed by atoms with E-state index in [0.717, 1.165) is 0 Å². The van der Waals surface area contributed by atoms with E-state index in [1.807, 2.05) is 6.92 Å². The summed E-state index contributed by atoms with van der Waals surface area (Å²) in [5.41, 5.74) is 1.97. The maximum absolute atomic E-state index is 13.2. The average Bonchev–Trinajstić information content (AvgIpc) is 3.11. The molecule has 0 saturated carbocycles. The zero-order valence-electron chi connectivity index (χ0n) is 17.0. The highest BCUT2D eigenvalue weighted by molar-refractivity contribution is 6.35. The summed E-state index contributed by atoms with van der Waals surface area (Å²) in [5.74, 6) is -1.07. The number of halogens is 3. The first kappa shape index (κ1) is 22.8. The number of benzene rings is 2. The predicted molar refractivity (Wildman–Crippen MR) is 120 cm³/mol. The normalized spacial score (nSPS) is 10.7. The van der Waals surface area contributed by atoms with Crippen molar-refractivity contribution < 1.29 is 14.0 Å². The van der Waals surface area contributed by atoms with Crippen molar-refractivity contribution in [2.45, 2.75) is 20.3 Å². The molecule has 0 atom stereocenters. The van der Waals surface area contributed by atoms with Crippen molar-refractivity contribution in [3.63, 3.8) is 0 Å². The molecule has 6 nitrogen and oxygen atoms in total. The molecule has 3 aromatic rings. The molecule has 1 heterocycles. The van der Waals surface area contributed by atoms with E-state index in [1.54, 1.807) is 41.9 Å². The second-order valence-corrected chi connectivity index (χ2v) is 7.77. The molecule has 0 radical (unpaired) electrons. The van der Waals surface area contributed by atoms with Crippen molar-refractivity contribution in [1.82, 2.24) is 14.7 Å². The van der Waals surface area contributed by atoms with E-state index < -0.39 is 5.91 Å². The van der Waals surface area contributed by atoms with Crippen LogP contribution >= 0.6 is 23.2 Å². The van der Waals surface area contributed by atoms with E-state index in [9.17, 15) is 14.0 Å². The maximum Gasteiger partial charge on any atom is 0.257 e. The molecule has 0 bridgehead atoms. The van der Waals surface area contributed by atoms with Gasteiger partial charge in [-0.15, -0.1) is 0 Å². The molecule has 0 spiro atoms. The lowest BCUT2D eigenvalue weighted by atomic mass is 10.2. The third-order valence-electron chi connectivity index (χ3n) is 4.63. The van der Waals surface area contributed by atoms with Gasteiger partial charge in [0.15, 0.2) is 0 Å². The zero-order chi connectivity index (χ0) is 22.5. The number of aromatic nitrogens is 2. The molecule has 1 aromatic heterocycles. The standard InChI is InChI=1S/C22H21Cl2FN4O2/c1-3-10-28(13-21(30)27-20-11-15(23)4-9-19(20)24)22(31)18-12-26-29(14(18)2)17-7-5-16(25)6-8-17/h4-9,11-12H,3,10,13H2,1-2H3,(H,27,30). The van der Waals surface area contributed by atoms with Crippen LogP contribution in [0.15, 0.2) is 48.7 Å². The summed E-state index contributed by atoms with van der Waals surface area (Å²) in [6, 6.07) is 10.6. The minimum Gasteiger partial charge on any atom is -0.329 e. The molecule has 0 aliphatic carbocycles. The van der Waals surface area contributed by atoms with Crippen LogP contribution in [-0.4, -0.2) is 39.6 Å². The smallest absolute Gasteiger partial charge is 0.257 e. The number of hydrogen-bond acceptors (Lipinski definition) is 3. The van der Waals surface area contributed by atoms with Gasteiger partial charge in [0.25, 0.3) is 5.91 Å². The Kier molecular flexibility index (Phi) is 7.30. The molecule has 3 rings (SSSR count). The van der Waals surface area contributed by atoms with Crippen LogP contribution in [0.3, 0.4) is 0 Å². The summed E-state index contributed by atoms with van der Waals surface area (Å²) in [6.07, 6.45) is 2.12. The Morgan fingerprint density at radius 2 is 1.87 bits per heavy atom. The van der Waals surface area contributed by atoms with Crippen LogP contribution in [0, 0.1) is 12.7 Å². The van der Waals surface area contributed by atoms with Gasteiger partial charge in [-0.2, -0.15) is 5.10 Å². The van der Waals surface area contributed by atoms with Gasteiger partial charge in [0.05, 0.1) is 33.9 Å². The van der Waals surface area contributed by atoms with Gasteiger partial charge in [-0.3, -0.25) is 9.59 Å². The lowest BCUT2D eigenvalue weighted by molar-refractivity contribution is -0.116. The first-order valence-corrected chi connectivity index (χ1v) is 10.4. The number of rotatable bonds is 7. The van der Waals surface area contributed by atoms with E-state index in [4.69, 9.17) is 23.2 Å². The van der Waals surface area contributed by atoms with Gasteiger partial charge in [-0.1, -0.05) is 30.1 Å². The fourth-order valence-electron chi connectivity index (χ4n) is 3.11.